The quantitative estimate of drug-likeness (QED) is 0.637. The number of hydrogen-bond acceptors (Lipinski definition) is 1. The van der Waals surface area contributed by atoms with E-state index >= 15 is 0 Å². The lowest BCUT2D eigenvalue weighted by molar-refractivity contribution is 0.183. The topological polar surface area (TPSA) is 17.8 Å². The molecule has 0 bridgehead atoms. The minimum atomic E-state index is -0.111. The van der Waals surface area contributed by atoms with Gasteiger partial charge in [-0.15, -0.1) is 11.6 Å². The normalized spacial score (nSPS) is 19.8. The Labute approximate surface area is 136 Å². The molecular formula is C17H22Cl2N2. The molecule has 114 valence electrons. The summed E-state index contributed by atoms with van der Waals surface area (Å²) in [5, 5.41) is 0.656. The smallest absolute Gasteiger partial charge is 0.127 e. The van der Waals surface area contributed by atoms with E-state index in [1.54, 1.807) is 0 Å². The number of halogens is 2. The van der Waals surface area contributed by atoms with E-state index in [4.69, 9.17) is 28.2 Å². The van der Waals surface area contributed by atoms with Crippen LogP contribution >= 0.6 is 23.2 Å². The van der Waals surface area contributed by atoms with Gasteiger partial charge < -0.3 is 4.57 Å². The van der Waals surface area contributed by atoms with Crippen molar-refractivity contribution in [3.05, 3.63) is 29.0 Å². The molecule has 1 aliphatic rings. The van der Waals surface area contributed by atoms with Gasteiger partial charge in [-0.05, 0) is 37.3 Å². The molecular weight excluding hydrogens is 303 g/mol. The van der Waals surface area contributed by atoms with Gasteiger partial charge in [-0.25, -0.2) is 4.98 Å². The maximum absolute atomic E-state index is 6.44. The van der Waals surface area contributed by atoms with Crippen molar-refractivity contribution in [2.75, 3.05) is 0 Å². The highest BCUT2D eigenvalue weighted by molar-refractivity contribution is 6.35. The number of fused-ring (bicyclic) bond motifs is 1. The number of imidazole rings is 1. The molecule has 0 spiro atoms. The lowest BCUT2D eigenvalue weighted by Gasteiger charge is -2.34. The third-order valence-corrected chi connectivity index (χ3v) is 5.20. The summed E-state index contributed by atoms with van der Waals surface area (Å²) in [4.78, 5) is 4.72. The van der Waals surface area contributed by atoms with Crippen molar-refractivity contribution >= 4 is 34.2 Å². The first kappa shape index (κ1) is 15.2. The van der Waals surface area contributed by atoms with Crippen LogP contribution in [0.2, 0.25) is 5.02 Å². The molecule has 1 heterocycles. The Bertz CT molecular complexity index is 640. The lowest BCUT2D eigenvalue weighted by Crippen LogP contribution is -2.27. The van der Waals surface area contributed by atoms with Crippen LogP contribution < -0.4 is 0 Å². The summed E-state index contributed by atoms with van der Waals surface area (Å²) >= 11 is 12.8. The van der Waals surface area contributed by atoms with Crippen molar-refractivity contribution in [1.29, 1.82) is 0 Å². The molecule has 0 N–H and O–H groups in total. The summed E-state index contributed by atoms with van der Waals surface area (Å²) < 4.78 is 2.26. The van der Waals surface area contributed by atoms with Crippen LogP contribution in [-0.4, -0.2) is 9.55 Å². The summed E-state index contributed by atoms with van der Waals surface area (Å²) in [5.41, 5.74) is 2.31. The second-order valence-corrected chi connectivity index (χ2v) is 7.71. The number of benzene rings is 1. The fourth-order valence-corrected chi connectivity index (χ4v) is 4.01. The number of rotatable bonds is 3. The van der Waals surface area contributed by atoms with Gasteiger partial charge in [0.15, 0.2) is 0 Å². The highest BCUT2D eigenvalue weighted by Crippen LogP contribution is 2.40. The van der Waals surface area contributed by atoms with E-state index in [0.717, 1.165) is 28.4 Å². The average molecular weight is 325 g/mol. The monoisotopic (exact) mass is 324 g/mol. The van der Waals surface area contributed by atoms with E-state index in [9.17, 15) is 0 Å². The maximum Gasteiger partial charge on any atom is 0.127 e. The largest absolute Gasteiger partial charge is 0.325 e. The second kappa shape index (κ2) is 5.81. The third kappa shape index (κ3) is 2.93. The van der Waals surface area contributed by atoms with Crippen LogP contribution in [0.4, 0.5) is 0 Å². The predicted octanol–water partition coefficient (Wildman–Crippen LogP) is 5.96. The molecule has 2 aromatic rings. The van der Waals surface area contributed by atoms with Gasteiger partial charge in [0.05, 0.1) is 21.4 Å². The highest BCUT2D eigenvalue weighted by atomic mass is 35.5. The van der Waals surface area contributed by atoms with Gasteiger partial charge in [-0.1, -0.05) is 43.9 Å². The summed E-state index contributed by atoms with van der Waals surface area (Å²) in [7, 11) is 0. The zero-order valence-electron chi connectivity index (χ0n) is 12.7. The van der Waals surface area contributed by atoms with Gasteiger partial charge in [0.1, 0.15) is 5.82 Å². The molecule has 0 saturated heterocycles. The van der Waals surface area contributed by atoms with Crippen LogP contribution in [0, 0.1) is 5.41 Å². The third-order valence-electron chi connectivity index (χ3n) is 4.70. The van der Waals surface area contributed by atoms with Gasteiger partial charge in [0, 0.05) is 6.54 Å². The molecule has 1 atom stereocenters. The van der Waals surface area contributed by atoms with E-state index in [2.05, 4.69) is 11.5 Å². The average Bonchev–Trinajstić information content (AvgIpc) is 2.79. The molecule has 1 saturated carbocycles. The second-order valence-electron chi connectivity index (χ2n) is 6.65. The molecule has 2 nitrogen and oxygen atoms in total. The molecule has 0 amide bonds. The molecule has 1 unspecified atom stereocenters. The van der Waals surface area contributed by atoms with Crippen LogP contribution in [-0.2, 0) is 6.54 Å². The van der Waals surface area contributed by atoms with Crippen molar-refractivity contribution in [2.24, 2.45) is 5.41 Å². The Balaban J connectivity index is 2.08. The number of alkyl halides is 1. The van der Waals surface area contributed by atoms with Crippen LogP contribution in [0.5, 0.6) is 0 Å². The van der Waals surface area contributed by atoms with Gasteiger partial charge >= 0.3 is 0 Å². The highest BCUT2D eigenvalue weighted by Gasteiger charge is 2.30. The minimum absolute atomic E-state index is 0.111. The van der Waals surface area contributed by atoms with E-state index in [1.807, 2.05) is 25.1 Å². The molecule has 1 aromatic heterocycles. The molecule has 1 aliphatic carbocycles. The zero-order valence-corrected chi connectivity index (χ0v) is 14.2. The molecule has 0 aliphatic heterocycles. The van der Waals surface area contributed by atoms with Gasteiger partial charge in [-0.2, -0.15) is 0 Å². The first-order chi connectivity index (χ1) is 10.0. The molecule has 1 aromatic carbocycles. The maximum atomic E-state index is 6.44. The van der Waals surface area contributed by atoms with Crippen LogP contribution in [0.25, 0.3) is 11.0 Å². The van der Waals surface area contributed by atoms with E-state index in [-0.39, 0.29) is 5.38 Å². The van der Waals surface area contributed by atoms with Crippen molar-refractivity contribution in [3.8, 4) is 0 Å². The van der Waals surface area contributed by atoms with E-state index in [0.29, 0.717) is 5.41 Å². The lowest BCUT2D eigenvalue weighted by atomic mass is 9.75. The molecule has 0 radical (unpaired) electrons. The number of aromatic nitrogens is 2. The molecule has 3 rings (SSSR count). The Morgan fingerprint density at radius 2 is 2.00 bits per heavy atom. The van der Waals surface area contributed by atoms with Crippen molar-refractivity contribution in [2.45, 2.75) is 57.9 Å². The number of para-hydroxylation sites is 1. The number of hydrogen-bond donors (Lipinski definition) is 0. The fraction of sp³-hybridized carbons (Fsp3) is 0.588. The van der Waals surface area contributed by atoms with Gasteiger partial charge in [-0.3, -0.25) is 0 Å². The molecule has 4 heteroatoms. The summed E-state index contributed by atoms with van der Waals surface area (Å²) in [6.45, 7) is 5.33. The van der Waals surface area contributed by atoms with Crippen molar-refractivity contribution in [1.82, 2.24) is 9.55 Å². The van der Waals surface area contributed by atoms with Crippen LogP contribution in [0.15, 0.2) is 18.2 Å². The van der Waals surface area contributed by atoms with Crippen LogP contribution in [0.3, 0.4) is 0 Å². The molecule has 21 heavy (non-hydrogen) atoms. The summed E-state index contributed by atoms with van der Waals surface area (Å²) in [5.74, 6) is 0.937. The summed E-state index contributed by atoms with van der Waals surface area (Å²) in [6, 6.07) is 5.91. The Morgan fingerprint density at radius 1 is 1.29 bits per heavy atom. The van der Waals surface area contributed by atoms with Crippen LogP contribution in [0.1, 0.15) is 57.2 Å². The Kier molecular flexibility index (Phi) is 4.20. The van der Waals surface area contributed by atoms with Crippen molar-refractivity contribution in [3.63, 3.8) is 0 Å². The predicted molar refractivity (Wildman–Crippen MR) is 90.2 cm³/mol. The standard InChI is InChI=1S/C17H22Cl2N2/c1-12(18)16-20-14-8-6-7-13(19)15(14)21(16)11-17(2)9-4-3-5-10-17/h6-8,12H,3-5,9-11H2,1-2H3. The Morgan fingerprint density at radius 3 is 2.67 bits per heavy atom. The number of nitrogens with zero attached hydrogens (tertiary/aromatic N) is 2. The first-order valence-corrected chi connectivity index (χ1v) is 8.60. The minimum Gasteiger partial charge on any atom is -0.325 e. The van der Waals surface area contributed by atoms with E-state index < -0.39 is 0 Å². The Hall–Kier alpha value is -0.730. The van der Waals surface area contributed by atoms with E-state index in [1.165, 1.54) is 32.1 Å². The molecule has 1 fully saturated rings. The SMILES string of the molecule is CC(Cl)c1nc2cccc(Cl)c2n1CC1(C)CCCCC1. The van der Waals surface area contributed by atoms with Gasteiger partial charge in [0.25, 0.3) is 0 Å². The van der Waals surface area contributed by atoms with Crippen molar-refractivity contribution < 1.29 is 0 Å². The zero-order chi connectivity index (χ0) is 15.0. The van der Waals surface area contributed by atoms with Gasteiger partial charge in [0.2, 0.25) is 0 Å². The first-order valence-electron chi connectivity index (χ1n) is 7.79. The fourth-order valence-electron chi connectivity index (χ4n) is 3.57. The summed E-state index contributed by atoms with van der Waals surface area (Å²) in [6.07, 6.45) is 6.55.